The van der Waals surface area contributed by atoms with E-state index in [4.69, 9.17) is 9.47 Å². The average molecular weight is 413 g/mol. The van der Waals surface area contributed by atoms with Gasteiger partial charge < -0.3 is 14.8 Å². The summed E-state index contributed by atoms with van der Waals surface area (Å²) in [6.07, 6.45) is -0.0445. The van der Waals surface area contributed by atoms with Gasteiger partial charge in [-0.25, -0.2) is 0 Å². The number of aryl methyl sites for hydroxylation is 2. The number of carbonyl (C=O) groups excluding carboxylic acids is 3. The van der Waals surface area contributed by atoms with Crippen LogP contribution in [0, 0.1) is 13.8 Å². The molecule has 30 heavy (non-hydrogen) atoms. The van der Waals surface area contributed by atoms with Crippen molar-refractivity contribution in [3.05, 3.63) is 58.7 Å². The molecule has 0 fully saturated rings. The van der Waals surface area contributed by atoms with Gasteiger partial charge in [-0.2, -0.15) is 0 Å². The Kier molecular flexibility index (Phi) is 7.80. The topological polar surface area (TPSA) is 106 Å². The molecule has 0 aliphatic heterocycles. The van der Waals surface area contributed by atoms with Crippen molar-refractivity contribution in [2.45, 2.75) is 33.8 Å². The molecule has 2 aromatic carbocycles. The Balaban J connectivity index is 1.87. The van der Waals surface area contributed by atoms with Gasteiger partial charge in [0.2, 0.25) is 0 Å². The van der Waals surface area contributed by atoms with E-state index in [1.165, 1.54) is 13.2 Å². The molecule has 8 heteroatoms. The van der Waals surface area contributed by atoms with Gasteiger partial charge >= 0.3 is 0 Å². The monoisotopic (exact) mass is 413 g/mol. The van der Waals surface area contributed by atoms with Crippen LogP contribution in [0.25, 0.3) is 0 Å². The van der Waals surface area contributed by atoms with Crippen LogP contribution in [0.5, 0.6) is 11.5 Å². The highest BCUT2D eigenvalue weighted by atomic mass is 16.5. The number of hydrogen-bond donors (Lipinski definition) is 3. The number of carbonyl (C=O) groups is 3. The SMILES string of the molecule is COc1cc(C(=O)NNC(=O)CNC(=O)c2ccc(C)c(C)c2)ccc1OC(C)C. The summed E-state index contributed by atoms with van der Waals surface area (Å²) in [6.45, 7) is 7.34. The van der Waals surface area contributed by atoms with E-state index in [0.29, 0.717) is 17.1 Å². The second-order valence-corrected chi connectivity index (χ2v) is 7.02. The fourth-order valence-electron chi connectivity index (χ4n) is 2.55. The summed E-state index contributed by atoms with van der Waals surface area (Å²) in [5.74, 6) is -0.541. The molecule has 0 heterocycles. The highest BCUT2D eigenvalue weighted by Gasteiger charge is 2.14. The van der Waals surface area contributed by atoms with E-state index in [1.807, 2.05) is 33.8 Å². The number of nitrogens with one attached hydrogen (secondary N) is 3. The van der Waals surface area contributed by atoms with Crippen molar-refractivity contribution in [3.63, 3.8) is 0 Å². The molecule has 2 aromatic rings. The predicted molar refractivity (Wildman–Crippen MR) is 113 cm³/mol. The van der Waals surface area contributed by atoms with Crippen molar-refractivity contribution < 1.29 is 23.9 Å². The summed E-state index contributed by atoms with van der Waals surface area (Å²) in [5.41, 5.74) is 7.38. The predicted octanol–water partition coefficient (Wildman–Crippen LogP) is 2.29. The van der Waals surface area contributed by atoms with Crippen LogP contribution in [0.2, 0.25) is 0 Å². The fourth-order valence-corrected chi connectivity index (χ4v) is 2.55. The standard InChI is InChI=1S/C22H27N3O5/c1-13(2)30-18-9-8-17(11-19(18)29-5)22(28)25-24-20(26)12-23-21(27)16-7-6-14(3)15(4)10-16/h6-11,13H,12H2,1-5H3,(H,23,27)(H,24,26)(H,25,28). The number of hydrogen-bond acceptors (Lipinski definition) is 5. The summed E-state index contributed by atoms with van der Waals surface area (Å²) in [5, 5.41) is 2.51. The first-order valence-corrected chi connectivity index (χ1v) is 9.50. The zero-order valence-corrected chi connectivity index (χ0v) is 17.8. The minimum absolute atomic E-state index is 0.0445. The summed E-state index contributed by atoms with van der Waals surface area (Å²) in [6, 6.07) is 9.99. The third kappa shape index (κ3) is 6.23. The highest BCUT2D eigenvalue weighted by molar-refractivity contribution is 5.98. The van der Waals surface area contributed by atoms with Gasteiger partial charge in [0.1, 0.15) is 0 Å². The van der Waals surface area contributed by atoms with E-state index in [2.05, 4.69) is 16.2 Å². The molecule has 0 spiro atoms. The molecule has 0 atom stereocenters. The molecule has 3 amide bonds. The molecule has 2 rings (SSSR count). The van der Waals surface area contributed by atoms with Gasteiger partial charge in [-0.15, -0.1) is 0 Å². The number of rotatable bonds is 7. The van der Waals surface area contributed by atoms with Crippen molar-refractivity contribution in [1.29, 1.82) is 0 Å². The van der Waals surface area contributed by atoms with Crippen LogP contribution in [0.1, 0.15) is 45.7 Å². The molecule has 0 aliphatic carbocycles. The molecule has 160 valence electrons. The Morgan fingerprint density at radius 3 is 2.17 bits per heavy atom. The molecular weight excluding hydrogens is 386 g/mol. The Bertz CT molecular complexity index is 940. The van der Waals surface area contributed by atoms with Crippen molar-refractivity contribution in [1.82, 2.24) is 16.2 Å². The number of amides is 3. The second-order valence-electron chi connectivity index (χ2n) is 7.02. The summed E-state index contributed by atoms with van der Waals surface area (Å²) in [7, 11) is 1.48. The Morgan fingerprint density at radius 2 is 1.53 bits per heavy atom. The second kappa shape index (κ2) is 10.3. The van der Waals surface area contributed by atoms with Crippen molar-refractivity contribution in [2.75, 3.05) is 13.7 Å². The summed E-state index contributed by atoms with van der Waals surface area (Å²) < 4.78 is 10.9. The minimum atomic E-state index is -0.563. The molecule has 3 N–H and O–H groups in total. The lowest BCUT2D eigenvalue weighted by molar-refractivity contribution is -0.120. The van der Waals surface area contributed by atoms with Crippen LogP contribution in [0.4, 0.5) is 0 Å². The number of methoxy groups -OCH3 is 1. The molecule has 0 aliphatic rings. The van der Waals surface area contributed by atoms with Crippen LogP contribution in [0.3, 0.4) is 0 Å². The zero-order valence-electron chi connectivity index (χ0n) is 17.8. The maximum absolute atomic E-state index is 12.3. The van der Waals surface area contributed by atoms with Gasteiger partial charge in [0.15, 0.2) is 11.5 Å². The molecular formula is C22H27N3O5. The first kappa shape index (κ1) is 22.7. The minimum Gasteiger partial charge on any atom is -0.493 e. The lowest BCUT2D eigenvalue weighted by Gasteiger charge is -2.14. The maximum Gasteiger partial charge on any atom is 0.269 e. The van der Waals surface area contributed by atoms with E-state index in [0.717, 1.165) is 11.1 Å². The van der Waals surface area contributed by atoms with E-state index in [-0.39, 0.29) is 24.1 Å². The lowest BCUT2D eigenvalue weighted by Crippen LogP contribution is -2.46. The summed E-state index contributed by atoms with van der Waals surface area (Å²) >= 11 is 0. The van der Waals surface area contributed by atoms with Gasteiger partial charge in [-0.3, -0.25) is 25.2 Å². The normalized spacial score (nSPS) is 10.3. The van der Waals surface area contributed by atoms with Crippen LogP contribution in [-0.2, 0) is 4.79 Å². The van der Waals surface area contributed by atoms with Crippen LogP contribution in [0.15, 0.2) is 36.4 Å². The largest absolute Gasteiger partial charge is 0.493 e. The van der Waals surface area contributed by atoms with Gasteiger partial charge in [-0.1, -0.05) is 6.07 Å². The quantitative estimate of drug-likeness (QED) is 0.604. The Morgan fingerprint density at radius 1 is 0.867 bits per heavy atom. The van der Waals surface area contributed by atoms with E-state index in [1.54, 1.807) is 24.3 Å². The molecule has 0 unspecified atom stereocenters. The number of ether oxygens (including phenoxy) is 2. The zero-order chi connectivity index (χ0) is 22.3. The van der Waals surface area contributed by atoms with Crippen LogP contribution in [-0.4, -0.2) is 37.5 Å². The highest BCUT2D eigenvalue weighted by Crippen LogP contribution is 2.28. The van der Waals surface area contributed by atoms with E-state index in [9.17, 15) is 14.4 Å². The first-order valence-electron chi connectivity index (χ1n) is 9.50. The smallest absolute Gasteiger partial charge is 0.269 e. The Labute approximate surface area is 175 Å². The van der Waals surface area contributed by atoms with Crippen LogP contribution >= 0.6 is 0 Å². The van der Waals surface area contributed by atoms with Crippen molar-refractivity contribution in [3.8, 4) is 11.5 Å². The molecule has 0 saturated carbocycles. The number of benzene rings is 2. The molecule has 8 nitrogen and oxygen atoms in total. The molecule has 0 bridgehead atoms. The van der Waals surface area contributed by atoms with Gasteiger partial charge in [0.05, 0.1) is 19.8 Å². The van der Waals surface area contributed by atoms with Gasteiger partial charge in [-0.05, 0) is 69.2 Å². The maximum atomic E-state index is 12.3. The van der Waals surface area contributed by atoms with Crippen molar-refractivity contribution >= 4 is 17.7 Å². The molecule has 0 aromatic heterocycles. The lowest BCUT2D eigenvalue weighted by atomic mass is 10.1. The average Bonchev–Trinajstić information content (AvgIpc) is 2.72. The third-order valence-corrected chi connectivity index (χ3v) is 4.28. The summed E-state index contributed by atoms with van der Waals surface area (Å²) in [4.78, 5) is 36.4. The Hall–Kier alpha value is -3.55. The van der Waals surface area contributed by atoms with E-state index >= 15 is 0 Å². The van der Waals surface area contributed by atoms with Gasteiger partial charge in [0.25, 0.3) is 17.7 Å². The third-order valence-electron chi connectivity index (χ3n) is 4.28. The molecule has 0 radical (unpaired) electrons. The van der Waals surface area contributed by atoms with Crippen molar-refractivity contribution in [2.24, 2.45) is 0 Å². The van der Waals surface area contributed by atoms with E-state index < -0.39 is 11.8 Å². The molecule has 0 saturated heterocycles. The van der Waals surface area contributed by atoms with Gasteiger partial charge in [0, 0.05) is 11.1 Å². The van der Waals surface area contributed by atoms with Crippen LogP contribution < -0.4 is 25.6 Å². The number of hydrazine groups is 1. The fraction of sp³-hybridized carbons (Fsp3) is 0.318. The first-order chi connectivity index (χ1) is 14.2.